The number of Topliss-reactive ketones (excluding diaryl/α,β-unsaturated/α-hetero) is 1. The van der Waals surface area contributed by atoms with Crippen LogP contribution in [0.1, 0.15) is 50.5 Å². The topological polar surface area (TPSA) is 54.6 Å². The predicted molar refractivity (Wildman–Crippen MR) is 80.9 cm³/mol. The van der Waals surface area contributed by atoms with Gasteiger partial charge in [-0.2, -0.15) is 0 Å². The van der Waals surface area contributed by atoms with Gasteiger partial charge in [-0.05, 0) is 26.2 Å². The molecule has 2 heterocycles. The van der Waals surface area contributed by atoms with Gasteiger partial charge in [-0.15, -0.1) is 0 Å². The molecule has 0 aromatic carbocycles. The summed E-state index contributed by atoms with van der Waals surface area (Å²) in [7, 11) is 0. The first-order valence-corrected chi connectivity index (χ1v) is 7.22. The van der Waals surface area contributed by atoms with Crippen LogP contribution in [0.2, 0.25) is 0 Å². The second kappa shape index (κ2) is 5.17. The summed E-state index contributed by atoms with van der Waals surface area (Å²) in [5.74, 6) is 1.30. The fraction of sp³-hybridized carbons (Fsp3) is 0.625. The largest absolute Gasteiger partial charge is 0.389 e. The minimum atomic E-state index is -0.830. The molecule has 0 spiro atoms. The number of ketones is 1. The highest BCUT2D eigenvalue weighted by Gasteiger charge is 2.27. The maximum Gasteiger partial charge on any atom is 0.167 e. The molecule has 0 aliphatic carbocycles. The molecule has 20 heavy (non-hydrogen) atoms. The zero-order chi connectivity index (χ0) is 15.1. The van der Waals surface area contributed by atoms with Gasteiger partial charge < -0.3 is 9.67 Å². The molecule has 110 valence electrons. The molecule has 0 bridgehead atoms. The maximum absolute atomic E-state index is 12.4. The molecular formula is C16H24N2O2. The Morgan fingerprint density at radius 2 is 2.20 bits per heavy atom. The summed E-state index contributed by atoms with van der Waals surface area (Å²) in [5, 5.41) is 10.0. The van der Waals surface area contributed by atoms with Gasteiger partial charge in [-0.1, -0.05) is 20.8 Å². The average molecular weight is 276 g/mol. The van der Waals surface area contributed by atoms with E-state index in [0.29, 0.717) is 12.5 Å². The van der Waals surface area contributed by atoms with Crippen molar-refractivity contribution in [2.24, 2.45) is 16.8 Å². The summed E-state index contributed by atoms with van der Waals surface area (Å²) in [6, 6.07) is 0. The van der Waals surface area contributed by atoms with Crippen molar-refractivity contribution in [3.63, 3.8) is 0 Å². The van der Waals surface area contributed by atoms with Crippen LogP contribution in [0.4, 0.5) is 5.82 Å². The maximum atomic E-state index is 12.4. The third-order valence-corrected chi connectivity index (χ3v) is 3.48. The van der Waals surface area contributed by atoms with E-state index >= 15 is 0 Å². The molecule has 4 nitrogen and oxygen atoms in total. The van der Waals surface area contributed by atoms with Crippen molar-refractivity contribution in [2.45, 2.75) is 53.2 Å². The summed E-state index contributed by atoms with van der Waals surface area (Å²) in [6.07, 6.45) is 4.62. The van der Waals surface area contributed by atoms with E-state index < -0.39 is 5.60 Å². The van der Waals surface area contributed by atoms with Gasteiger partial charge in [0.15, 0.2) is 5.78 Å². The molecule has 0 fully saturated rings. The molecule has 1 aromatic heterocycles. The van der Waals surface area contributed by atoms with Gasteiger partial charge >= 0.3 is 0 Å². The number of aliphatic imine (C=N–C) groups is 1. The molecule has 1 N–H and O–H groups in total. The van der Waals surface area contributed by atoms with Crippen LogP contribution in [-0.4, -0.2) is 27.3 Å². The number of hydrogen-bond acceptors (Lipinski definition) is 3. The Morgan fingerprint density at radius 1 is 1.55 bits per heavy atom. The van der Waals surface area contributed by atoms with Crippen LogP contribution in [0, 0.1) is 11.8 Å². The van der Waals surface area contributed by atoms with Crippen molar-refractivity contribution in [3.05, 3.63) is 17.3 Å². The monoisotopic (exact) mass is 276 g/mol. The van der Waals surface area contributed by atoms with Gasteiger partial charge in [-0.3, -0.25) is 4.79 Å². The zero-order valence-corrected chi connectivity index (χ0v) is 13.0. The van der Waals surface area contributed by atoms with Crippen LogP contribution in [0.5, 0.6) is 0 Å². The van der Waals surface area contributed by atoms with Crippen molar-refractivity contribution in [3.8, 4) is 0 Å². The van der Waals surface area contributed by atoms with E-state index in [4.69, 9.17) is 0 Å². The average Bonchev–Trinajstić information content (AvgIpc) is 2.64. The molecule has 1 aliphatic rings. The van der Waals surface area contributed by atoms with E-state index in [1.807, 2.05) is 30.8 Å². The van der Waals surface area contributed by atoms with E-state index in [2.05, 4.69) is 11.9 Å². The second-order valence-electron chi connectivity index (χ2n) is 6.76. The van der Waals surface area contributed by atoms with E-state index in [0.717, 1.165) is 23.4 Å². The van der Waals surface area contributed by atoms with Crippen LogP contribution in [0.15, 0.2) is 11.2 Å². The molecule has 0 saturated heterocycles. The number of rotatable bonds is 4. The Hall–Kier alpha value is -1.42. The predicted octanol–water partition coefficient (Wildman–Crippen LogP) is 2.99. The second-order valence-corrected chi connectivity index (χ2v) is 6.76. The Bertz CT molecular complexity index is 548. The number of fused-ring (bicyclic) bond motifs is 1. The minimum absolute atomic E-state index is 0.0294. The van der Waals surface area contributed by atoms with E-state index in [1.54, 1.807) is 13.8 Å². The quantitative estimate of drug-likeness (QED) is 0.859. The molecule has 4 heteroatoms. The summed E-state index contributed by atoms with van der Waals surface area (Å²) >= 11 is 0. The molecule has 0 radical (unpaired) electrons. The third kappa shape index (κ3) is 3.01. The van der Waals surface area contributed by atoms with E-state index in [1.165, 1.54) is 0 Å². The lowest BCUT2D eigenvalue weighted by atomic mass is 9.93. The molecular weight excluding hydrogens is 252 g/mol. The van der Waals surface area contributed by atoms with Crippen LogP contribution < -0.4 is 0 Å². The third-order valence-electron chi connectivity index (χ3n) is 3.48. The number of carbonyl (C=O) groups excluding carboxylic acids is 1. The SMILES string of the molecule is CC1C=Nc2c(c(C(=O)C(C)C)cn2CC(C)(C)O)C1. The molecule has 2 rings (SSSR count). The van der Waals surface area contributed by atoms with Gasteiger partial charge in [0, 0.05) is 29.5 Å². The molecule has 1 aliphatic heterocycles. The lowest BCUT2D eigenvalue weighted by Crippen LogP contribution is -2.25. The van der Waals surface area contributed by atoms with Crippen LogP contribution in [-0.2, 0) is 13.0 Å². The fourth-order valence-corrected chi connectivity index (χ4v) is 2.58. The summed E-state index contributed by atoms with van der Waals surface area (Å²) in [6.45, 7) is 9.89. The van der Waals surface area contributed by atoms with Crippen molar-refractivity contribution < 1.29 is 9.90 Å². The van der Waals surface area contributed by atoms with Crippen molar-refractivity contribution >= 4 is 17.8 Å². The number of aromatic nitrogens is 1. The normalized spacial score (nSPS) is 18.4. The number of hydrogen-bond donors (Lipinski definition) is 1. The van der Waals surface area contributed by atoms with Gasteiger partial charge in [0.05, 0.1) is 12.1 Å². The fourth-order valence-electron chi connectivity index (χ4n) is 2.58. The van der Waals surface area contributed by atoms with Gasteiger partial charge in [-0.25, -0.2) is 4.99 Å². The van der Waals surface area contributed by atoms with Crippen LogP contribution >= 0.6 is 0 Å². The first kappa shape index (κ1) is 15.0. The molecule has 1 unspecified atom stereocenters. The smallest absolute Gasteiger partial charge is 0.167 e. The number of nitrogens with zero attached hydrogens (tertiary/aromatic N) is 2. The van der Waals surface area contributed by atoms with Gasteiger partial charge in [0.2, 0.25) is 0 Å². The Balaban J connectivity index is 2.49. The first-order chi connectivity index (χ1) is 9.19. The molecule has 0 saturated carbocycles. The highest BCUT2D eigenvalue weighted by atomic mass is 16.3. The van der Waals surface area contributed by atoms with Crippen molar-refractivity contribution in [1.29, 1.82) is 0 Å². The molecule has 0 amide bonds. The van der Waals surface area contributed by atoms with Crippen molar-refractivity contribution in [1.82, 2.24) is 4.57 Å². The van der Waals surface area contributed by atoms with Crippen LogP contribution in [0.3, 0.4) is 0 Å². The van der Waals surface area contributed by atoms with Crippen molar-refractivity contribution in [2.75, 3.05) is 0 Å². The highest BCUT2D eigenvalue weighted by molar-refractivity contribution is 6.00. The van der Waals surface area contributed by atoms with Gasteiger partial charge in [0.1, 0.15) is 5.82 Å². The Kier molecular flexibility index (Phi) is 3.87. The zero-order valence-electron chi connectivity index (χ0n) is 13.0. The standard InChI is InChI=1S/C16H24N2O2/c1-10(2)14(19)13-8-18(9-16(4,5)20)15-12(13)6-11(3)7-17-15/h7-8,10-11,20H,6,9H2,1-5H3. The Labute approximate surface area is 120 Å². The van der Waals surface area contributed by atoms with E-state index in [-0.39, 0.29) is 11.7 Å². The minimum Gasteiger partial charge on any atom is -0.389 e. The van der Waals surface area contributed by atoms with Gasteiger partial charge in [0.25, 0.3) is 0 Å². The molecule has 1 atom stereocenters. The number of carbonyl (C=O) groups is 1. The summed E-state index contributed by atoms with van der Waals surface area (Å²) in [5.41, 5.74) is 0.967. The lowest BCUT2D eigenvalue weighted by molar-refractivity contribution is 0.0619. The number of aliphatic hydroxyl groups is 1. The summed E-state index contributed by atoms with van der Waals surface area (Å²) in [4.78, 5) is 16.9. The highest BCUT2D eigenvalue weighted by Crippen LogP contribution is 2.33. The lowest BCUT2D eigenvalue weighted by Gasteiger charge is -2.20. The first-order valence-electron chi connectivity index (χ1n) is 7.22. The molecule has 1 aromatic rings. The van der Waals surface area contributed by atoms with E-state index in [9.17, 15) is 9.90 Å². The summed E-state index contributed by atoms with van der Waals surface area (Å²) < 4.78 is 1.91. The Morgan fingerprint density at radius 3 is 2.75 bits per heavy atom. The van der Waals surface area contributed by atoms with Crippen LogP contribution in [0.25, 0.3) is 0 Å².